The van der Waals surface area contributed by atoms with Crippen molar-refractivity contribution in [3.63, 3.8) is 0 Å². The normalized spacial score (nSPS) is 13.9. The molecule has 0 saturated heterocycles. The third kappa shape index (κ3) is 2.09. The van der Waals surface area contributed by atoms with Crippen molar-refractivity contribution in [2.45, 2.75) is 6.92 Å². The number of carbonyl (C=O) groups excluding carboxylic acids is 2. The summed E-state index contributed by atoms with van der Waals surface area (Å²) in [5.74, 6) is -0.169. The minimum Gasteiger partial charge on any atom is -0.448 e. The van der Waals surface area contributed by atoms with Gasteiger partial charge in [0.15, 0.2) is 12.1 Å². The van der Waals surface area contributed by atoms with Crippen LogP contribution in [0.25, 0.3) is 0 Å². The molecule has 2 aromatic rings. The van der Waals surface area contributed by atoms with Gasteiger partial charge in [0, 0.05) is 4.47 Å². The molecule has 1 aliphatic heterocycles. The van der Waals surface area contributed by atoms with Crippen molar-refractivity contribution in [2.24, 2.45) is 0 Å². The van der Waals surface area contributed by atoms with E-state index in [1.165, 1.54) is 11.3 Å². The van der Waals surface area contributed by atoms with Crippen LogP contribution in [0.3, 0.4) is 0 Å². The first-order valence-electron chi connectivity index (χ1n) is 5.87. The zero-order chi connectivity index (χ0) is 14.3. The summed E-state index contributed by atoms with van der Waals surface area (Å²) in [7, 11) is 0. The van der Waals surface area contributed by atoms with Crippen molar-refractivity contribution in [3.05, 3.63) is 40.5 Å². The molecule has 0 atom stereocenters. The maximum atomic E-state index is 12.5. The number of aromatic nitrogens is 1. The van der Waals surface area contributed by atoms with Crippen molar-refractivity contribution >= 4 is 39.1 Å². The molecule has 0 saturated carbocycles. The molecule has 0 fully saturated rings. The number of hydrogen-bond acceptors (Lipinski definition) is 4. The number of aryl methyl sites for hydroxylation is 1. The number of amides is 2. The third-order valence-corrected chi connectivity index (χ3v) is 3.51. The number of rotatable bonds is 1. The molecule has 2 heterocycles. The van der Waals surface area contributed by atoms with E-state index in [9.17, 15) is 9.59 Å². The van der Waals surface area contributed by atoms with Crippen LogP contribution >= 0.6 is 15.9 Å². The summed E-state index contributed by atoms with van der Waals surface area (Å²) in [5.41, 5.74) is 1.44. The fraction of sp³-hybridized carbons (Fsp3) is 0.154. The smallest absolute Gasteiger partial charge is 0.281 e. The highest BCUT2D eigenvalue weighted by Gasteiger charge is 2.30. The molecular formula is C13H10BrN3O3. The highest BCUT2D eigenvalue weighted by Crippen LogP contribution is 2.33. The summed E-state index contributed by atoms with van der Waals surface area (Å²) in [6.45, 7) is 1.61. The van der Waals surface area contributed by atoms with Gasteiger partial charge in [0.1, 0.15) is 12.3 Å². The van der Waals surface area contributed by atoms with Gasteiger partial charge in [-0.3, -0.25) is 14.5 Å². The number of oxazole rings is 1. The van der Waals surface area contributed by atoms with Crippen molar-refractivity contribution in [1.82, 2.24) is 4.98 Å². The SMILES string of the molecule is Cc1ocnc1C(=O)N1CC(=O)Nc2ccc(Br)cc21. The van der Waals surface area contributed by atoms with E-state index in [-0.39, 0.29) is 24.1 Å². The second-order valence-electron chi connectivity index (χ2n) is 4.36. The molecule has 3 rings (SSSR count). The molecule has 0 radical (unpaired) electrons. The van der Waals surface area contributed by atoms with Crippen LogP contribution in [0.4, 0.5) is 11.4 Å². The molecule has 1 N–H and O–H groups in total. The zero-order valence-corrected chi connectivity index (χ0v) is 12.1. The van der Waals surface area contributed by atoms with Crippen molar-refractivity contribution in [1.29, 1.82) is 0 Å². The summed E-state index contributed by atoms with van der Waals surface area (Å²) >= 11 is 3.36. The lowest BCUT2D eigenvalue weighted by Crippen LogP contribution is -2.42. The number of fused-ring (bicyclic) bond motifs is 1. The van der Waals surface area contributed by atoms with Gasteiger partial charge in [-0.05, 0) is 25.1 Å². The second kappa shape index (κ2) is 4.75. The van der Waals surface area contributed by atoms with E-state index in [0.717, 1.165) is 4.47 Å². The third-order valence-electron chi connectivity index (χ3n) is 3.02. The number of hydrogen-bond donors (Lipinski definition) is 1. The molecule has 0 unspecified atom stereocenters. The van der Waals surface area contributed by atoms with E-state index in [1.807, 2.05) is 0 Å². The second-order valence-corrected chi connectivity index (χ2v) is 5.27. The summed E-state index contributed by atoms with van der Waals surface area (Å²) in [5, 5.41) is 2.73. The first-order chi connectivity index (χ1) is 9.56. The fourth-order valence-corrected chi connectivity index (χ4v) is 2.42. The molecule has 1 aliphatic rings. The van der Waals surface area contributed by atoms with Gasteiger partial charge in [-0.15, -0.1) is 0 Å². The van der Waals surface area contributed by atoms with Crippen molar-refractivity contribution in [2.75, 3.05) is 16.8 Å². The van der Waals surface area contributed by atoms with Gasteiger partial charge in [0.05, 0.1) is 11.4 Å². The summed E-state index contributed by atoms with van der Waals surface area (Å²) in [6.07, 6.45) is 1.22. The molecule has 1 aromatic heterocycles. The zero-order valence-electron chi connectivity index (χ0n) is 10.5. The average molecular weight is 336 g/mol. The Kier molecular flexibility index (Phi) is 3.06. The van der Waals surface area contributed by atoms with Gasteiger partial charge < -0.3 is 9.73 Å². The van der Waals surface area contributed by atoms with E-state index in [2.05, 4.69) is 26.2 Å². The number of benzene rings is 1. The van der Waals surface area contributed by atoms with E-state index in [1.54, 1.807) is 25.1 Å². The predicted octanol–water partition coefficient (Wildman–Crippen LogP) is 2.34. The quantitative estimate of drug-likeness (QED) is 0.867. The minimum absolute atomic E-state index is 0.0470. The van der Waals surface area contributed by atoms with Crippen LogP contribution < -0.4 is 10.2 Å². The van der Waals surface area contributed by atoms with Gasteiger partial charge >= 0.3 is 0 Å². The maximum absolute atomic E-state index is 12.5. The summed E-state index contributed by atoms with van der Waals surface area (Å²) < 4.78 is 5.87. The molecular weight excluding hydrogens is 326 g/mol. The Hall–Kier alpha value is -2.15. The van der Waals surface area contributed by atoms with Crippen LogP contribution in [0.5, 0.6) is 0 Å². The van der Waals surface area contributed by atoms with E-state index in [0.29, 0.717) is 17.1 Å². The van der Waals surface area contributed by atoms with Crippen molar-refractivity contribution < 1.29 is 14.0 Å². The van der Waals surface area contributed by atoms with Gasteiger partial charge in [-0.1, -0.05) is 15.9 Å². The number of halogens is 1. The van der Waals surface area contributed by atoms with Crippen molar-refractivity contribution in [3.8, 4) is 0 Å². The highest BCUT2D eigenvalue weighted by atomic mass is 79.9. The van der Waals surface area contributed by atoms with Crippen LogP contribution in [-0.4, -0.2) is 23.3 Å². The van der Waals surface area contributed by atoms with E-state index in [4.69, 9.17) is 4.42 Å². The minimum atomic E-state index is -0.356. The molecule has 6 nitrogen and oxygen atoms in total. The largest absolute Gasteiger partial charge is 0.448 e. The first-order valence-corrected chi connectivity index (χ1v) is 6.67. The number of anilines is 2. The Morgan fingerprint density at radius 2 is 2.30 bits per heavy atom. The maximum Gasteiger partial charge on any atom is 0.281 e. The van der Waals surface area contributed by atoms with Gasteiger partial charge in [0.2, 0.25) is 5.91 Å². The lowest BCUT2D eigenvalue weighted by molar-refractivity contribution is -0.115. The molecule has 7 heteroatoms. The topological polar surface area (TPSA) is 75.4 Å². The molecule has 20 heavy (non-hydrogen) atoms. The van der Waals surface area contributed by atoms with Crippen LogP contribution in [0.2, 0.25) is 0 Å². The monoisotopic (exact) mass is 335 g/mol. The molecule has 0 spiro atoms. The van der Waals surface area contributed by atoms with Crippen LogP contribution in [-0.2, 0) is 4.79 Å². The van der Waals surface area contributed by atoms with E-state index < -0.39 is 0 Å². The lowest BCUT2D eigenvalue weighted by Gasteiger charge is -2.28. The lowest BCUT2D eigenvalue weighted by atomic mass is 10.1. The van der Waals surface area contributed by atoms with Gasteiger partial charge in [-0.2, -0.15) is 0 Å². The van der Waals surface area contributed by atoms with Gasteiger partial charge in [-0.25, -0.2) is 4.98 Å². The Morgan fingerprint density at radius 1 is 1.50 bits per heavy atom. The summed E-state index contributed by atoms with van der Waals surface area (Å²) in [4.78, 5) is 29.5. The Bertz CT molecular complexity index is 711. The Balaban J connectivity index is 2.07. The predicted molar refractivity (Wildman–Crippen MR) is 75.7 cm³/mol. The highest BCUT2D eigenvalue weighted by molar-refractivity contribution is 9.10. The van der Waals surface area contributed by atoms with Crippen LogP contribution in [0.15, 0.2) is 33.5 Å². The van der Waals surface area contributed by atoms with Gasteiger partial charge in [0.25, 0.3) is 5.91 Å². The number of nitrogens with one attached hydrogen (secondary N) is 1. The molecule has 1 aromatic carbocycles. The Labute approximate surface area is 122 Å². The number of carbonyl (C=O) groups is 2. The number of nitrogens with zero attached hydrogens (tertiary/aromatic N) is 2. The van der Waals surface area contributed by atoms with E-state index >= 15 is 0 Å². The summed E-state index contributed by atoms with van der Waals surface area (Å²) in [6, 6.07) is 5.32. The molecule has 0 bridgehead atoms. The molecule has 2 amide bonds. The molecule has 102 valence electrons. The molecule has 0 aliphatic carbocycles. The fourth-order valence-electron chi connectivity index (χ4n) is 2.07. The van der Waals surface area contributed by atoms with Crippen LogP contribution in [0, 0.1) is 6.92 Å². The Morgan fingerprint density at radius 3 is 3.00 bits per heavy atom. The first kappa shape index (κ1) is 12.9. The average Bonchev–Trinajstić information content (AvgIpc) is 2.84. The standard InChI is InChI=1S/C13H10BrN3O3/c1-7-12(15-6-20-7)13(19)17-5-11(18)16-9-3-2-8(14)4-10(9)17/h2-4,6H,5H2,1H3,(H,16,18). The van der Waals surface area contributed by atoms with Crippen LogP contribution in [0.1, 0.15) is 16.2 Å².